The molecule has 0 spiro atoms. The number of nitrogens with zero attached hydrogens (tertiary/aromatic N) is 3. The zero-order valence-corrected chi connectivity index (χ0v) is 18.8. The van der Waals surface area contributed by atoms with Gasteiger partial charge in [0.25, 0.3) is 0 Å². The standard InChI is InChI=1S/C25H31N5O2/c1-3-27-25(28-15-20-6-4-5-7-23(20)30-12-11-26-18-30)29-16-21-9-8-19(2)14-24(21)32-22-10-13-31-17-22/h4-9,11-12,14,18,22H,3,10,13,15-17H2,1-2H3,(H2,27,28,29). The Morgan fingerprint density at radius 1 is 1.22 bits per heavy atom. The lowest BCUT2D eigenvalue weighted by atomic mass is 10.1. The number of guanidine groups is 1. The van der Waals surface area contributed by atoms with Gasteiger partial charge in [0, 0.05) is 37.5 Å². The van der Waals surface area contributed by atoms with E-state index in [-0.39, 0.29) is 6.10 Å². The summed E-state index contributed by atoms with van der Waals surface area (Å²) < 4.78 is 13.7. The minimum absolute atomic E-state index is 0.116. The maximum atomic E-state index is 6.22. The van der Waals surface area contributed by atoms with Gasteiger partial charge in [-0.05, 0) is 37.1 Å². The van der Waals surface area contributed by atoms with Crippen LogP contribution in [-0.4, -0.2) is 41.4 Å². The van der Waals surface area contributed by atoms with E-state index in [0.717, 1.165) is 48.1 Å². The minimum atomic E-state index is 0.116. The van der Waals surface area contributed by atoms with Crippen LogP contribution in [0.1, 0.15) is 30.0 Å². The Labute approximate surface area is 189 Å². The van der Waals surface area contributed by atoms with Crippen molar-refractivity contribution in [3.05, 3.63) is 77.9 Å². The van der Waals surface area contributed by atoms with E-state index in [1.54, 1.807) is 6.20 Å². The van der Waals surface area contributed by atoms with Gasteiger partial charge in [-0.3, -0.25) is 0 Å². The van der Waals surface area contributed by atoms with Gasteiger partial charge in [0.1, 0.15) is 11.9 Å². The number of nitrogens with one attached hydrogen (secondary N) is 2. The molecule has 168 valence electrons. The number of hydrogen-bond acceptors (Lipinski definition) is 4. The molecule has 7 nitrogen and oxygen atoms in total. The molecule has 7 heteroatoms. The average molecular weight is 434 g/mol. The van der Waals surface area contributed by atoms with E-state index in [9.17, 15) is 0 Å². The smallest absolute Gasteiger partial charge is 0.191 e. The van der Waals surface area contributed by atoms with Crippen molar-refractivity contribution in [2.45, 2.75) is 39.5 Å². The number of hydrogen-bond donors (Lipinski definition) is 2. The summed E-state index contributed by atoms with van der Waals surface area (Å²) in [5.41, 5.74) is 4.50. The Balaban J connectivity index is 1.46. The highest BCUT2D eigenvalue weighted by Crippen LogP contribution is 2.24. The van der Waals surface area contributed by atoms with Crippen LogP contribution in [0.4, 0.5) is 0 Å². The lowest BCUT2D eigenvalue weighted by Gasteiger charge is -2.17. The van der Waals surface area contributed by atoms with Gasteiger partial charge < -0.3 is 24.7 Å². The third-order valence-corrected chi connectivity index (χ3v) is 5.38. The highest BCUT2D eigenvalue weighted by molar-refractivity contribution is 5.79. The van der Waals surface area contributed by atoms with E-state index in [4.69, 9.17) is 14.5 Å². The highest BCUT2D eigenvalue weighted by Gasteiger charge is 2.18. The molecule has 32 heavy (non-hydrogen) atoms. The summed E-state index contributed by atoms with van der Waals surface area (Å²) in [7, 11) is 0. The van der Waals surface area contributed by atoms with Crippen molar-refractivity contribution in [1.82, 2.24) is 20.2 Å². The second-order valence-corrected chi connectivity index (χ2v) is 7.86. The summed E-state index contributed by atoms with van der Waals surface area (Å²) in [4.78, 5) is 8.99. The molecule has 4 rings (SSSR count). The van der Waals surface area contributed by atoms with Crippen molar-refractivity contribution < 1.29 is 9.47 Å². The summed E-state index contributed by atoms with van der Waals surface area (Å²) in [6, 6.07) is 14.6. The Morgan fingerprint density at radius 3 is 2.91 bits per heavy atom. The van der Waals surface area contributed by atoms with Crippen molar-refractivity contribution >= 4 is 5.96 Å². The quantitative estimate of drug-likeness (QED) is 0.419. The van der Waals surface area contributed by atoms with Crippen molar-refractivity contribution in [2.24, 2.45) is 4.99 Å². The molecule has 1 aliphatic heterocycles. The maximum Gasteiger partial charge on any atom is 0.191 e. The van der Waals surface area contributed by atoms with Crippen LogP contribution in [0.15, 0.2) is 66.2 Å². The lowest BCUT2D eigenvalue weighted by molar-refractivity contribution is 0.140. The average Bonchev–Trinajstić information content (AvgIpc) is 3.51. The van der Waals surface area contributed by atoms with Crippen LogP contribution in [0.25, 0.3) is 5.69 Å². The Kier molecular flexibility index (Phi) is 7.40. The molecule has 1 aromatic heterocycles. The predicted octanol–water partition coefficient (Wildman–Crippen LogP) is 3.60. The molecular formula is C25H31N5O2. The van der Waals surface area contributed by atoms with Crippen LogP contribution in [0.5, 0.6) is 5.75 Å². The number of benzene rings is 2. The Morgan fingerprint density at radius 2 is 2.12 bits per heavy atom. The number of imidazole rings is 1. The summed E-state index contributed by atoms with van der Waals surface area (Å²) in [5, 5.41) is 6.80. The molecule has 3 aromatic rings. The molecule has 2 N–H and O–H groups in total. The van der Waals surface area contributed by atoms with Crippen molar-refractivity contribution in [3.8, 4) is 11.4 Å². The van der Waals surface area contributed by atoms with E-state index in [1.165, 1.54) is 5.56 Å². The van der Waals surface area contributed by atoms with E-state index in [2.05, 4.69) is 59.8 Å². The van der Waals surface area contributed by atoms with E-state index >= 15 is 0 Å². The zero-order chi connectivity index (χ0) is 22.2. The van der Waals surface area contributed by atoms with Crippen molar-refractivity contribution in [2.75, 3.05) is 19.8 Å². The Bertz CT molecular complexity index is 1030. The fourth-order valence-corrected chi connectivity index (χ4v) is 3.69. The number of ether oxygens (including phenoxy) is 2. The van der Waals surface area contributed by atoms with Gasteiger partial charge in [0.15, 0.2) is 5.96 Å². The van der Waals surface area contributed by atoms with Crippen LogP contribution in [0.2, 0.25) is 0 Å². The van der Waals surface area contributed by atoms with Gasteiger partial charge in [-0.1, -0.05) is 30.3 Å². The largest absolute Gasteiger partial charge is 0.488 e. The first-order chi connectivity index (χ1) is 15.7. The minimum Gasteiger partial charge on any atom is -0.488 e. The molecule has 0 amide bonds. The van der Waals surface area contributed by atoms with Gasteiger partial charge >= 0.3 is 0 Å². The van der Waals surface area contributed by atoms with Crippen LogP contribution in [-0.2, 0) is 17.8 Å². The van der Waals surface area contributed by atoms with Crippen molar-refractivity contribution in [1.29, 1.82) is 0 Å². The summed E-state index contributed by atoms with van der Waals surface area (Å²) >= 11 is 0. The van der Waals surface area contributed by atoms with Crippen LogP contribution in [0.3, 0.4) is 0 Å². The summed E-state index contributed by atoms with van der Waals surface area (Å²) in [6.07, 6.45) is 6.59. The van der Waals surface area contributed by atoms with E-state index in [0.29, 0.717) is 19.7 Å². The number of aromatic nitrogens is 2. The number of para-hydroxylation sites is 1. The Hall–Kier alpha value is -3.32. The van der Waals surface area contributed by atoms with Crippen molar-refractivity contribution in [3.63, 3.8) is 0 Å². The fraction of sp³-hybridized carbons (Fsp3) is 0.360. The molecule has 0 bridgehead atoms. The van der Waals surface area contributed by atoms with Gasteiger partial charge in [-0.25, -0.2) is 9.98 Å². The number of rotatable bonds is 8. The van der Waals surface area contributed by atoms with Crippen LogP contribution >= 0.6 is 0 Å². The third kappa shape index (κ3) is 5.68. The highest BCUT2D eigenvalue weighted by atomic mass is 16.5. The SMILES string of the molecule is CCNC(=NCc1ccc(C)cc1OC1CCOC1)NCc1ccccc1-n1ccnc1. The van der Waals surface area contributed by atoms with Gasteiger partial charge in [-0.2, -0.15) is 0 Å². The summed E-state index contributed by atoms with van der Waals surface area (Å²) in [6.45, 7) is 7.52. The summed E-state index contributed by atoms with van der Waals surface area (Å²) in [5.74, 6) is 1.66. The van der Waals surface area contributed by atoms with Gasteiger partial charge in [0.05, 0.1) is 31.8 Å². The first-order valence-corrected chi connectivity index (χ1v) is 11.1. The maximum absolute atomic E-state index is 6.22. The predicted molar refractivity (Wildman–Crippen MR) is 126 cm³/mol. The topological polar surface area (TPSA) is 72.7 Å². The molecule has 0 radical (unpaired) electrons. The molecular weight excluding hydrogens is 402 g/mol. The van der Waals surface area contributed by atoms with Gasteiger partial charge in [0.2, 0.25) is 0 Å². The molecule has 0 saturated carbocycles. The molecule has 2 aromatic carbocycles. The van der Waals surface area contributed by atoms with E-state index < -0.39 is 0 Å². The molecule has 1 unspecified atom stereocenters. The number of aliphatic imine (C=N–C) groups is 1. The first kappa shape index (κ1) is 21.9. The normalized spacial score (nSPS) is 16.2. The second kappa shape index (κ2) is 10.8. The van der Waals surface area contributed by atoms with Crippen LogP contribution in [0, 0.1) is 6.92 Å². The zero-order valence-electron chi connectivity index (χ0n) is 18.8. The van der Waals surface area contributed by atoms with Crippen LogP contribution < -0.4 is 15.4 Å². The first-order valence-electron chi connectivity index (χ1n) is 11.1. The molecule has 1 fully saturated rings. The monoisotopic (exact) mass is 433 g/mol. The fourth-order valence-electron chi connectivity index (χ4n) is 3.69. The van der Waals surface area contributed by atoms with E-state index in [1.807, 2.05) is 29.2 Å². The second-order valence-electron chi connectivity index (χ2n) is 7.86. The third-order valence-electron chi connectivity index (χ3n) is 5.38. The molecule has 2 heterocycles. The molecule has 1 aliphatic rings. The lowest BCUT2D eigenvalue weighted by Crippen LogP contribution is -2.37. The van der Waals surface area contributed by atoms with Gasteiger partial charge in [-0.15, -0.1) is 0 Å². The molecule has 0 aliphatic carbocycles. The number of aryl methyl sites for hydroxylation is 1. The molecule has 1 atom stereocenters. The molecule has 1 saturated heterocycles.